The van der Waals surface area contributed by atoms with Crippen molar-refractivity contribution in [2.75, 3.05) is 11.5 Å². The molecule has 1 aliphatic carbocycles. The van der Waals surface area contributed by atoms with E-state index in [1.807, 2.05) is 32.1 Å². The first kappa shape index (κ1) is 37.4. The van der Waals surface area contributed by atoms with Gasteiger partial charge in [-0.1, -0.05) is 37.1 Å². The quantitative estimate of drug-likeness (QED) is 0.0736. The predicted octanol–water partition coefficient (Wildman–Crippen LogP) is 6.40. The highest BCUT2D eigenvalue weighted by atomic mass is 16.6. The minimum Gasteiger partial charge on any atom is -0.508 e. The summed E-state index contributed by atoms with van der Waals surface area (Å²) in [4.78, 5) is 36.3. The van der Waals surface area contributed by atoms with Crippen LogP contribution in [0, 0.1) is 5.92 Å². The number of phenols is 2. The molecule has 4 heterocycles. The number of anilines is 2. The van der Waals surface area contributed by atoms with E-state index in [4.69, 9.17) is 25.4 Å². The second-order valence-corrected chi connectivity index (χ2v) is 14.8. The number of benzene rings is 2. The van der Waals surface area contributed by atoms with Crippen molar-refractivity contribution in [2.45, 2.75) is 89.4 Å². The van der Waals surface area contributed by atoms with Crippen molar-refractivity contribution in [3.8, 4) is 17.2 Å². The molecule has 7 rings (SSSR count). The van der Waals surface area contributed by atoms with Crippen LogP contribution in [0.25, 0.3) is 11.0 Å². The number of aliphatic hydroxyl groups is 1. The third-order valence-electron chi connectivity index (χ3n) is 11.1. The van der Waals surface area contributed by atoms with Crippen molar-refractivity contribution in [1.29, 1.82) is 0 Å². The molecule has 3 aromatic heterocycles. The lowest BCUT2D eigenvalue weighted by Crippen LogP contribution is -2.52. The highest BCUT2D eigenvalue weighted by molar-refractivity contribution is 5.92. The summed E-state index contributed by atoms with van der Waals surface area (Å²) in [6.45, 7) is 3.16. The normalized spacial score (nSPS) is 19.2. The van der Waals surface area contributed by atoms with Crippen LogP contribution in [0.3, 0.4) is 0 Å². The molecule has 286 valence electrons. The number of aromatic nitrogens is 2. The minimum absolute atomic E-state index is 0.00419. The number of pyridine rings is 2. The summed E-state index contributed by atoms with van der Waals surface area (Å²) < 4.78 is 19.8. The monoisotopic (exact) mass is 746 g/mol. The molecule has 12 nitrogen and oxygen atoms in total. The van der Waals surface area contributed by atoms with Gasteiger partial charge in [0.2, 0.25) is 0 Å². The molecule has 1 saturated carbocycles. The second-order valence-electron chi connectivity index (χ2n) is 14.8. The van der Waals surface area contributed by atoms with Gasteiger partial charge in [-0.15, -0.1) is 0 Å². The zero-order valence-corrected chi connectivity index (χ0v) is 31.0. The lowest BCUT2D eigenvalue weighted by molar-refractivity contribution is -0.159. The SMILES string of the molecule is CC=C(C(=O)OC1Cc2c(c(C(Cc3cccc(O)c3)c3ccnc(N)c3)c3oc(CO)cc(=O)c3c2O)OC1(C)CCc1ccc(N)nc1)C1CCCC1. The fourth-order valence-corrected chi connectivity index (χ4v) is 8.18. The Morgan fingerprint density at radius 1 is 1.05 bits per heavy atom. The lowest BCUT2D eigenvalue weighted by atomic mass is 9.79. The van der Waals surface area contributed by atoms with E-state index in [-0.39, 0.29) is 64.1 Å². The molecule has 1 fully saturated rings. The molecule has 0 spiro atoms. The number of carbonyl (C=O) groups excluding carboxylic acids is 1. The van der Waals surface area contributed by atoms with Crippen molar-refractivity contribution < 1.29 is 34.0 Å². The van der Waals surface area contributed by atoms with Gasteiger partial charge in [-0.2, -0.15) is 0 Å². The zero-order valence-electron chi connectivity index (χ0n) is 31.0. The van der Waals surface area contributed by atoms with Gasteiger partial charge < -0.3 is 40.7 Å². The van der Waals surface area contributed by atoms with Gasteiger partial charge in [0.15, 0.2) is 5.43 Å². The summed E-state index contributed by atoms with van der Waals surface area (Å²) in [5, 5.41) is 32.6. The Labute approximate surface area is 318 Å². The molecule has 2 aromatic carbocycles. The van der Waals surface area contributed by atoms with Crippen molar-refractivity contribution in [2.24, 2.45) is 5.92 Å². The van der Waals surface area contributed by atoms with E-state index in [2.05, 4.69) is 9.97 Å². The highest BCUT2D eigenvalue weighted by Crippen LogP contribution is 2.51. The van der Waals surface area contributed by atoms with E-state index in [1.54, 1.807) is 48.8 Å². The van der Waals surface area contributed by atoms with Crippen molar-refractivity contribution in [3.63, 3.8) is 0 Å². The molecule has 2 aliphatic rings. The molecule has 3 atom stereocenters. The third-order valence-corrected chi connectivity index (χ3v) is 11.1. The summed E-state index contributed by atoms with van der Waals surface area (Å²) in [5.74, 6) is -0.360. The fraction of sp³-hybridized carbons (Fsp3) is 0.349. The van der Waals surface area contributed by atoms with Crippen molar-refractivity contribution >= 4 is 28.6 Å². The molecule has 5 aromatic rings. The summed E-state index contributed by atoms with van der Waals surface area (Å²) in [7, 11) is 0. The highest BCUT2D eigenvalue weighted by Gasteiger charge is 2.47. The molecule has 0 bridgehead atoms. The second kappa shape index (κ2) is 15.5. The fourth-order valence-electron chi connectivity index (χ4n) is 8.18. The van der Waals surface area contributed by atoms with Gasteiger partial charge in [-0.3, -0.25) is 4.79 Å². The number of esters is 1. The number of nitrogens with zero attached hydrogens (tertiary/aromatic N) is 2. The number of aromatic hydroxyl groups is 2. The molecule has 7 N–H and O–H groups in total. The Balaban J connectivity index is 1.44. The molecular weight excluding hydrogens is 700 g/mol. The minimum atomic E-state index is -1.17. The topological polar surface area (TPSA) is 204 Å². The van der Waals surface area contributed by atoms with Crippen LogP contribution in [0.4, 0.5) is 11.6 Å². The number of phenolic OH excluding ortho intramolecular Hbond substituents is 2. The Kier molecular flexibility index (Phi) is 10.5. The van der Waals surface area contributed by atoms with E-state index < -0.39 is 35.6 Å². The molecule has 0 saturated heterocycles. The number of nitrogen functional groups attached to an aromatic ring is 2. The number of carbonyl (C=O) groups is 1. The summed E-state index contributed by atoms with van der Waals surface area (Å²) in [6, 6.07) is 15.1. The molecule has 3 unspecified atom stereocenters. The van der Waals surface area contributed by atoms with Gasteiger partial charge in [0.25, 0.3) is 0 Å². The largest absolute Gasteiger partial charge is 0.508 e. The van der Waals surface area contributed by atoms with Crippen LogP contribution in [-0.2, 0) is 35.4 Å². The van der Waals surface area contributed by atoms with Gasteiger partial charge in [0.05, 0.1) is 0 Å². The average molecular weight is 747 g/mol. The third kappa shape index (κ3) is 7.59. The van der Waals surface area contributed by atoms with Crippen LogP contribution in [0.1, 0.15) is 85.4 Å². The Morgan fingerprint density at radius 3 is 2.55 bits per heavy atom. The van der Waals surface area contributed by atoms with E-state index in [0.29, 0.717) is 35.4 Å². The molecule has 12 heteroatoms. The number of aliphatic hydroxyl groups excluding tert-OH is 1. The maximum Gasteiger partial charge on any atom is 0.334 e. The van der Waals surface area contributed by atoms with Gasteiger partial charge in [0.1, 0.15) is 63.9 Å². The summed E-state index contributed by atoms with van der Waals surface area (Å²) in [6.07, 6.45) is 9.26. The van der Waals surface area contributed by atoms with Crippen LogP contribution in [0.5, 0.6) is 17.2 Å². The standard InChI is InChI=1S/C43H46N4O8/c1-3-30(26-8-4-5-9-26)42(52)54-34-21-32-39(51)38-33(50)20-29(23-48)53-41(38)37(40(32)55-43(34,2)15-13-24-11-12-35(44)47-22-24)31(27-14-16-46-36(45)19-27)18-25-7-6-10-28(49)17-25/h3,6-7,10-12,14,16-17,19-20,22,26,31,34,48-49,51H,4-5,8-9,13,15,18,21,23H2,1-2H3,(H2,44,47)(H2,45,46). The maximum absolute atomic E-state index is 14.0. The van der Waals surface area contributed by atoms with Gasteiger partial charge in [0, 0.05) is 47.5 Å². The number of nitrogens with two attached hydrogens (primary N) is 2. The van der Waals surface area contributed by atoms with Gasteiger partial charge in [-0.05, 0) is 98.9 Å². The van der Waals surface area contributed by atoms with Crippen LogP contribution >= 0.6 is 0 Å². The molecule has 0 radical (unpaired) electrons. The molecule has 55 heavy (non-hydrogen) atoms. The van der Waals surface area contributed by atoms with Crippen molar-refractivity contribution in [3.05, 3.63) is 122 Å². The summed E-state index contributed by atoms with van der Waals surface area (Å²) in [5.41, 5.74) is 14.1. The Bertz CT molecular complexity index is 2320. The first-order chi connectivity index (χ1) is 26.5. The number of allylic oxidation sites excluding steroid dienone is 1. The van der Waals surface area contributed by atoms with Gasteiger partial charge >= 0.3 is 5.97 Å². The van der Waals surface area contributed by atoms with Gasteiger partial charge in [-0.25, -0.2) is 14.8 Å². The number of aryl methyl sites for hydroxylation is 1. The van der Waals surface area contributed by atoms with Crippen LogP contribution < -0.4 is 21.6 Å². The van der Waals surface area contributed by atoms with Crippen LogP contribution in [0.15, 0.2) is 87.9 Å². The van der Waals surface area contributed by atoms with E-state index in [1.165, 1.54) is 0 Å². The van der Waals surface area contributed by atoms with E-state index in [0.717, 1.165) is 42.9 Å². The first-order valence-corrected chi connectivity index (χ1v) is 18.7. The number of fused-ring (bicyclic) bond motifs is 2. The van der Waals surface area contributed by atoms with E-state index >= 15 is 0 Å². The van der Waals surface area contributed by atoms with E-state index in [9.17, 15) is 24.9 Å². The molecular formula is C43H46N4O8. The number of rotatable bonds is 11. The van der Waals surface area contributed by atoms with Crippen molar-refractivity contribution in [1.82, 2.24) is 9.97 Å². The molecule has 0 amide bonds. The maximum atomic E-state index is 14.0. The molecule has 1 aliphatic heterocycles. The summed E-state index contributed by atoms with van der Waals surface area (Å²) >= 11 is 0. The van der Waals surface area contributed by atoms with Crippen LogP contribution in [0.2, 0.25) is 0 Å². The average Bonchev–Trinajstić information content (AvgIpc) is 3.69. The number of ether oxygens (including phenoxy) is 2. The Morgan fingerprint density at radius 2 is 1.85 bits per heavy atom. The lowest BCUT2D eigenvalue weighted by Gasteiger charge is -2.43. The first-order valence-electron chi connectivity index (χ1n) is 18.7. The number of hydrogen-bond acceptors (Lipinski definition) is 12. The van der Waals surface area contributed by atoms with Crippen LogP contribution in [-0.4, -0.2) is 43.0 Å². The smallest absolute Gasteiger partial charge is 0.334 e. The number of hydrogen-bond donors (Lipinski definition) is 5. The Hall–Kier alpha value is -5.88. The predicted molar refractivity (Wildman–Crippen MR) is 208 cm³/mol. The zero-order chi connectivity index (χ0) is 38.9.